The minimum absolute atomic E-state index is 0.0958. The maximum Gasteiger partial charge on any atom is 0.226 e. The summed E-state index contributed by atoms with van der Waals surface area (Å²) in [5.41, 5.74) is 1.17. The second-order valence-corrected chi connectivity index (χ2v) is 8.02. The molecule has 1 aliphatic heterocycles. The Balaban J connectivity index is 0.000000292. The molecule has 0 aromatic heterocycles. The fraction of sp³-hybridized carbons (Fsp3) is 0.348. The predicted octanol–water partition coefficient (Wildman–Crippen LogP) is 7.08. The van der Waals surface area contributed by atoms with Gasteiger partial charge in [-0.15, -0.1) is 6.58 Å². The molecule has 5 heteroatoms. The molecule has 2 aromatic carbocycles. The van der Waals surface area contributed by atoms with E-state index >= 15 is 0 Å². The maximum absolute atomic E-state index is 12.7. The SMILES string of the molecule is C=CC[C@H]1CCC(c2ccc(Cl)cc2)N(C(C)C)C1=O.Fc1cccc(Cl)c1. The summed E-state index contributed by atoms with van der Waals surface area (Å²) in [6.07, 6.45) is 4.56. The van der Waals surface area contributed by atoms with Gasteiger partial charge in [0.05, 0.1) is 6.04 Å². The monoisotopic (exact) mass is 421 g/mol. The molecule has 0 spiro atoms. The van der Waals surface area contributed by atoms with Crippen LogP contribution in [-0.2, 0) is 4.79 Å². The number of halogens is 3. The van der Waals surface area contributed by atoms with E-state index < -0.39 is 0 Å². The van der Waals surface area contributed by atoms with E-state index in [9.17, 15) is 9.18 Å². The Bertz CT molecular complexity index is 774. The van der Waals surface area contributed by atoms with Crippen LogP contribution in [-0.4, -0.2) is 16.8 Å². The Kier molecular flexibility index (Phi) is 8.53. The van der Waals surface area contributed by atoms with Gasteiger partial charge in [0.25, 0.3) is 0 Å². The van der Waals surface area contributed by atoms with Crippen molar-refractivity contribution in [1.29, 1.82) is 0 Å². The molecule has 1 heterocycles. The second-order valence-electron chi connectivity index (χ2n) is 7.15. The molecular weight excluding hydrogens is 396 g/mol. The number of amides is 1. The van der Waals surface area contributed by atoms with E-state index in [0.29, 0.717) is 5.02 Å². The Morgan fingerprint density at radius 3 is 2.32 bits per heavy atom. The molecule has 0 radical (unpaired) electrons. The van der Waals surface area contributed by atoms with Crippen molar-refractivity contribution >= 4 is 29.1 Å². The first-order chi connectivity index (χ1) is 13.3. The molecule has 3 rings (SSSR count). The van der Waals surface area contributed by atoms with E-state index in [0.717, 1.165) is 24.3 Å². The summed E-state index contributed by atoms with van der Waals surface area (Å²) in [5, 5.41) is 1.17. The van der Waals surface area contributed by atoms with Gasteiger partial charge < -0.3 is 4.90 Å². The lowest BCUT2D eigenvalue weighted by atomic mass is 9.85. The largest absolute Gasteiger partial charge is 0.333 e. The lowest BCUT2D eigenvalue weighted by molar-refractivity contribution is -0.144. The van der Waals surface area contributed by atoms with Crippen LogP contribution in [0, 0.1) is 11.7 Å². The predicted molar refractivity (Wildman–Crippen MR) is 115 cm³/mol. The van der Waals surface area contributed by atoms with E-state index in [2.05, 4.69) is 20.4 Å². The number of carbonyl (C=O) groups is 1. The molecule has 0 saturated carbocycles. The van der Waals surface area contributed by atoms with E-state index in [1.165, 1.54) is 17.7 Å². The highest BCUT2D eigenvalue weighted by atomic mass is 35.5. The van der Waals surface area contributed by atoms with Crippen molar-refractivity contribution in [3.05, 3.63) is 82.6 Å². The minimum atomic E-state index is -0.294. The summed E-state index contributed by atoms with van der Waals surface area (Å²) < 4.78 is 12.1. The highest BCUT2D eigenvalue weighted by molar-refractivity contribution is 6.30. The average Bonchev–Trinajstić information content (AvgIpc) is 2.64. The van der Waals surface area contributed by atoms with E-state index in [1.54, 1.807) is 12.1 Å². The van der Waals surface area contributed by atoms with Crippen molar-refractivity contribution in [2.75, 3.05) is 0 Å². The molecule has 1 saturated heterocycles. The fourth-order valence-electron chi connectivity index (χ4n) is 3.49. The average molecular weight is 422 g/mol. The van der Waals surface area contributed by atoms with Crippen LogP contribution in [0.25, 0.3) is 0 Å². The van der Waals surface area contributed by atoms with Crippen molar-refractivity contribution in [2.24, 2.45) is 5.92 Å². The Labute approximate surface area is 177 Å². The van der Waals surface area contributed by atoms with Gasteiger partial charge in [-0.1, -0.05) is 47.5 Å². The number of nitrogens with zero attached hydrogens (tertiary/aromatic N) is 1. The molecule has 2 aromatic rings. The number of hydrogen-bond acceptors (Lipinski definition) is 1. The molecule has 1 fully saturated rings. The number of rotatable bonds is 4. The molecular formula is C23H26Cl2FNO. The lowest BCUT2D eigenvalue weighted by Crippen LogP contribution is -2.46. The van der Waals surface area contributed by atoms with Crippen LogP contribution in [0.1, 0.15) is 44.7 Å². The van der Waals surface area contributed by atoms with Crippen LogP contribution in [0.5, 0.6) is 0 Å². The van der Waals surface area contributed by atoms with E-state index in [1.807, 2.05) is 35.2 Å². The van der Waals surface area contributed by atoms with Crippen molar-refractivity contribution in [3.8, 4) is 0 Å². The summed E-state index contributed by atoms with van der Waals surface area (Å²) in [6.45, 7) is 7.92. The highest BCUT2D eigenvalue weighted by Crippen LogP contribution is 2.37. The van der Waals surface area contributed by atoms with Crippen LogP contribution < -0.4 is 0 Å². The lowest BCUT2D eigenvalue weighted by Gasteiger charge is -2.42. The third kappa shape index (κ3) is 6.08. The molecule has 2 nitrogen and oxygen atoms in total. The van der Waals surface area contributed by atoms with Gasteiger partial charge >= 0.3 is 0 Å². The van der Waals surface area contributed by atoms with Crippen molar-refractivity contribution in [1.82, 2.24) is 4.90 Å². The summed E-state index contributed by atoms with van der Waals surface area (Å²) in [4.78, 5) is 14.7. The normalized spacial score (nSPS) is 19.2. The molecule has 1 unspecified atom stereocenters. The van der Waals surface area contributed by atoms with Gasteiger partial charge in [-0.05, 0) is 69.0 Å². The number of likely N-dealkylation sites (tertiary alicyclic amines) is 1. The van der Waals surface area contributed by atoms with Crippen LogP contribution in [0.4, 0.5) is 4.39 Å². The Morgan fingerprint density at radius 2 is 1.82 bits per heavy atom. The molecule has 1 aliphatic rings. The Hall–Kier alpha value is -1.84. The zero-order valence-electron chi connectivity index (χ0n) is 16.2. The van der Waals surface area contributed by atoms with E-state index in [-0.39, 0.29) is 29.7 Å². The molecule has 0 N–H and O–H groups in total. The van der Waals surface area contributed by atoms with Gasteiger partial charge in [0.2, 0.25) is 5.91 Å². The standard InChI is InChI=1S/C17H22ClNO.C6H4ClF/c1-4-5-14-8-11-16(19(12(2)3)17(14)20)13-6-9-15(18)10-7-13;7-5-2-1-3-6(8)4-5/h4,6-7,9-10,12,14,16H,1,5,8,11H2,2-3H3;1-4H/t14-,16?;/m0./s1. The van der Waals surface area contributed by atoms with Crippen LogP contribution in [0.15, 0.2) is 61.2 Å². The van der Waals surface area contributed by atoms with Gasteiger partial charge in [-0.2, -0.15) is 0 Å². The second kappa shape index (κ2) is 10.6. The molecule has 0 aliphatic carbocycles. The zero-order chi connectivity index (χ0) is 20.7. The van der Waals surface area contributed by atoms with Gasteiger partial charge in [-0.25, -0.2) is 4.39 Å². The number of carbonyl (C=O) groups excluding carboxylic acids is 1. The first-order valence-electron chi connectivity index (χ1n) is 9.43. The van der Waals surface area contributed by atoms with Crippen molar-refractivity contribution in [3.63, 3.8) is 0 Å². The minimum Gasteiger partial charge on any atom is -0.333 e. The topological polar surface area (TPSA) is 20.3 Å². The first-order valence-corrected chi connectivity index (χ1v) is 10.2. The summed E-state index contributed by atoms with van der Waals surface area (Å²) in [6, 6.07) is 14.0. The van der Waals surface area contributed by atoms with Crippen molar-refractivity contribution < 1.29 is 9.18 Å². The quantitative estimate of drug-likeness (QED) is 0.482. The van der Waals surface area contributed by atoms with Gasteiger partial charge in [0.15, 0.2) is 0 Å². The zero-order valence-corrected chi connectivity index (χ0v) is 17.8. The molecule has 2 atom stereocenters. The Morgan fingerprint density at radius 1 is 1.14 bits per heavy atom. The number of allylic oxidation sites excluding steroid dienone is 1. The van der Waals surface area contributed by atoms with Crippen molar-refractivity contribution in [2.45, 2.75) is 45.2 Å². The maximum atomic E-state index is 12.7. The first kappa shape index (κ1) is 22.4. The molecule has 1 amide bonds. The van der Waals surface area contributed by atoms with Crippen LogP contribution in [0.2, 0.25) is 10.0 Å². The number of hydrogen-bond donors (Lipinski definition) is 0. The number of piperidine rings is 1. The third-order valence-electron chi connectivity index (χ3n) is 4.78. The van der Waals surface area contributed by atoms with Crippen LogP contribution >= 0.6 is 23.2 Å². The number of benzene rings is 2. The third-order valence-corrected chi connectivity index (χ3v) is 5.26. The van der Waals surface area contributed by atoms with E-state index in [4.69, 9.17) is 23.2 Å². The summed E-state index contributed by atoms with van der Waals surface area (Å²) in [5.74, 6) is 0.0575. The highest BCUT2D eigenvalue weighted by Gasteiger charge is 2.36. The summed E-state index contributed by atoms with van der Waals surface area (Å²) >= 11 is 11.4. The smallest absolute Gasteiger partial charge is 0.226 e. The van der Waals surface area contributed by atoms with Gasteiger partial charge in [0, 0.05) is 22.0 Å². The molecule has 0 bridgehead atoms. The van der Waals surface area contributed by atoms with Gasteiger partial charge in [0.1, 0.15) is 5.82 Å². The fourth-order valence-corrected chi connectivity index (χ4v) is 3.80. The van der Waals surface area contributed by atoms with Crippen LogP contribution in [0.3, 0.4) is 0 Å². The summed E-state index contributed by atoms with van der Waals surface area (Å²) in [7, 11) is 0. The van der Waals surface area contributed by atoms with Gasteiger partial charge in [-0.3, -0.25) is 4.79 Å². The molecule has 150 valence electrons. The molecule has 28 heavy (non-hydrogen) atoms.